The minimum Gasteiger partial charge on any atom is -0.481 e. The van der Waals surface area contributed by atoms with Gasteiger partial charge < -0.3 is 20.7 Å². The molecule has 10 nitrogen and oxygen atoms in total. The third-order valence-corrected chi connectivity index (χ3v) is 5.13. The fraction of sp³-hybridized carbons (Fsp3) is 0.150. The molecule has 1 aromatic heterocycles. The lowest BCUT2D eigenvalue weighted by Crippen LogP contribution is -2.25. The number of ether oxygens (including phenoxy) is 1. The minimum absolute atomic E-state index is 0.0536. The number of nitrogens with one attached hydrogen (secondary N) is 3. The van der Waals surface area contributed by atoms with E-state index in [1.54, 1.807) is 25.3 Å². The predicted octanol–water partition coefficient (Wildman–Crippen LogP) is 2.18. The van der Waals surface area contributed by atoms with E-state index < -0.39 is 15.8 Å². The van der Waals surface area contributed by atoms with Crippen LogP contribution in [-0.4, -0.2) is 37.9 Å². The second-order valence-electron chi connectivity index (χ2n) is 6.66. The van der Waals surface area contributed by atoms with Crippen molar-refractivity contribution in [1.82, 2.24) is 15.3 Å². The molecule has 3 aromatic rings. The van der Waals surface area contributed by atoms with Crippen molar-refractivity contribution in [2.75, 3.05) is 24.3 Å². The number of anilines is 4. The van der Waals surface area contributed by atoms with Gasteiger partial charge in [0.1, 0.15) is 5.82 Å². The lowest BCUT2D eigenvalue weighted by Gasteiger charge is -2.12. The van der Waals surface area contributed by atoms with Gasteiger partial charge in [0, 0.05) is 36.2 Å². The second-order valence-corrected chi connectivity index (χ2v) is 8.22. The third kappa shape index (κ3) is 5.89. The van der Waals surface area contributed by atoms with Gasteiger partial charge in [-0.05, 0) is 37.3 Å². The molecule has 0 saturated heterocycles. The third-order valence-electron chi connectivity index (χ3n) is 4.22. The molecule has 0 spiro atoms. The topological polar surface area (TPSA) is 148 Å². The first-order chi connectivity index (χ1) is 15.2. The Balaban J connectivity index is 1.77. The van der Waals surface area contributed by atoms with Crippen molar-refractivity contribution in [2.24, 2.45) is 5.14 Å². The summed E-state index contributed by atoms with van der Waals surface area (Å²) < 4.78 is 42.5. The first-order valence-electron chi connectivity index (χ1n) is 9.29. The number of primary sulfonamides is 1. The number of benzene rings is 2. The smallest absolute Gasteiger partial charge is 0.257 e. The number of hydrogen-bond donors (Lipinski definition) is 4. The summed E-state index contributed by atoms with van der Waals surface area (Å²) in [5, 5.41) is 13.4. The van der Waals surface area contributed by atoms with Crippen molar-refractivity contribution in [2.45, 2.75) is 11.8 Å². The Bertz CT molecular complexity index is 1250. The first-order valence-corrected chi connectivity index (χ1v) is 10.8. The average Bonchev–Trinajstić information content (AvgIpc) is 2.75. The van der Waals surface area contributed by atoms with Crippen LogP contribution in [-0.2, 0) is 14.8 Å². The minimum atomic E-state index is -3.85. The van der Waals surface area contributed by atoms with Gasteiger partial charge in [-0.15, -0.1) is 0 Å². The summed E-state index contributed by atoms with van der Waals surface area (Å²) >= 11 is 0. The van der Waals surface area contributed by atoms with Crippen LogP contribution in [0.1, 0.15) is 5.56 Å². The summed E-state index contributed by atoms with van der Waals surface area (Å²) in [5.74, 6) is -0.489. The van der Waals surface area contributed by atoms with Crippen LogP contribution in [0.25, 0.3) is 0 Å². The molecular formula is C20H21FN6O4S. The number of aryl methyl sites for hydroxylation is 1. The van der Waals surface area contributed by atoms with E-state index in [1.807, 2.05) is 0 Å². The number of sulfonamides is 1. The average molecular weight is 460 g/mol. The van der Waals surface area contributed by atoms with Gasteiger partial charge >= 0.3 is 0 Å². The maximum Gasteiger partial charge on any atom is 0.257 e. The van der Waals surface area contributed by atoms with Gasteiger partial charge in [0.2, 0.25) is 16.0 Å². The van der Waals surface area contributed by atoms with E-state index in [0.717, 1.165) is 0 Å². The number of rotatable bonds is 8. The van der Waals surface area contributed by atoms with Crippen molar-refractivity contribution in [3.8, 4) is 5.75 Å². The fourth-order valence-electron chi connectivity index (χ4n) is 2.56. The van der Waals surface area contributed by atoms with E-state index in [2.05, 4.69) is 25.9 Å². The number of aromatic nitrogens is 2. The Morgan fingerprint density at radius 2 is 1.91 bits per heavy atom. The molecule has 0 aliphatic rings. The molecule has 12 heteroatoms. The van der Waals surface area contributed by atoms with Crippen molar-refractivity contribution in [3.63, 3.8) is 0 Å². The van der Waals surface area contributed by atoms with Crippen molar-refractivity contribution < 1.29 is 22.3 Å². The number of hydrogen-bond acceptors (Lipinski definition) is 8. The lowest BCUT2D eigenvalue weighted by molar-refractivity contribution is -0.122. The molecule has 0 fully saturated rings. The molecule has 2 aromatic carbocycles. The summed E-state index contributed by atoms with van der Waals surface area (Å²) in [4.78, 5) is 19.7. The largest absolute Gasteiger partial charge is 0.481 e. The lowest BCUT2D eigenvalue weighted by atomic mass is 10.2. The summed E-state index contributed by atoms with van der Waals surface area (Å²) in [6, 6.07) is 10.1. The maximum absolute atomic E-state index is 14.3. The van der Waals surface area contributed by atoms with Gasteiger partial charge in [-0.3, -0.25) is 4.79 Å². The van der Waals surface area contributed by atoms with E-state index in [9.17, 15) is 17.6 Å². The first kappa shape index (κ1) is 22.9. The molecule has 0 aliphatic heterocycles. The van der Waals surface area contributed by atoms with Crippen LogP contribution < -0.4 is 25.8 Å². The number of halogens is 1. The van der Waals surface area contributed by atoms with Gasteiger partial charge in [0.05, 0.1) is 4.90 Å². The van der Waals surface area contributed by atoms with Gasteiger partial charge in [0.15, 0.2) is 18.2 Å². The molecule has 1 amide bonds. The van der Waals surface area contributed by atoms with Crippen LogP contribution in [0.2, 0.25) is 0 Å². The highest BCUT2D eigenvalue weighted by Crippen LogP contribution is 2.25. The van der Waals surface area contributed by atoms with Gasteiger partial charge in [-0.2, -0.15) is 4.98 Å². The van der Waals surface area contributed by atoms with E-state index in [0.29, 0.717) is 22.8 Å². The molecule has 3 rings (SSSR count). The molecule has 0 atom stereocenters. The Labute approximate surface area is 184 Å². The van der Waals surface area contributed by atoms with E-state index in [4.69, 9.17) is 9.88 Å². The number of likely N-dealkylation sites (N-methyl/N-ethyl adjacent to an activating group) is 1. The zero-order valence-electron chi connectivity index (χ0n) is 17.2. The molecule has 168 valence electrons. The molecule has 0 unspecified atom stereocenters. The molecule has 0 radical (unpaired) electrons. The monoisotopic (exact) mass is 460 g/mol. The van der Waals surface area contributed by atoms with E-state index in [-0.39, 0.29) is 29.1 Å². The summed E-state index contributed by atoms with van der Waals surface area (Å²) in [5.41, 5.74) is 1.52. The van der Waals surface area contributed by atoms with Gasteiger partial charge in [-0.25, -0.2) is 22.9 Å². The standard InChI is InChI=1S/C20H21FN6O4S/c1-12-10-24-20(26-13-4-3-5-15(8-13)32(22,29)30)27-19(12)25-14-6-7-17(16(21)9-14)31-11-18(28)23-2/h3-10H,11H2,1-2H3,(H,23,28)(H2,22,29,30)(H2,24,25,26,27). The summed E-state index contributed by atoms with van der Waals surface area (Å²) in [6.07, 6.45) is 1.55. The van der Waals surface area contributed by atoms with E-state index >= 15 is 0 Å². The van der Waals surface area contributed by atoms with Gasteiger partial charge in [0.25, 0.3) is 5.91 Å². The van der Waals surface area contributed by atoms with Crippen molar-refractivity contribution in [1.29, 1.82) is 0 Å². The highest BCUT2D eigenvalue weighted by atomic mass is 32.2. The van der Waals surface area contributed by atoms with Crippen LogP contribution in [0.3, 0.4) is 0 Å². The van der Waals surface area contributed by atoms with Crippen molar-refractivity contribution in [3.05, 3.63) is 60.0 Å². The van der Waals surface area contributed by atoms with Crippen LogP contribution >= 0.6 is 0 Å². The Kier molecular flexibility index (Phi) is 6.85. The molecular weight excluding hydrogens is 439 g/mol. The molecule has 0 bridgehead atoms. The number of nitrogens with zero attached hydrogens (tertiary/aromatic N) is 2. The number of carbonyl (C=O) groups is 1. The Morgan fingerprint density at radius 3 is 2.59 bits per heavy atom. The molecule has 0 aliphatic carbocycles. The highest BCUT2D eigenvalue weighted by Gasteiger charge is 2.11. The predicted molar refractivity (Wildman–Crippen MR) is 117 cm³/mol. The summed E-state index contributed by atoms with van der Waals surface area (Å²) in [7, 11) is -2.40. The second kappa shape index (κ2) is 9.58. The zero-order valence-corrected chi connectivity index (χ0v) is 18.0. The normalized spacial score (nSPS) is 11.0. The highest BCUT2D eigenvalue weighted by molar-refractivity contribution is 7.89. The number of nitrogens with two attached hydrogens (primary N) is 1. The molecule has 32 heavy (non-hydrogen) atoms. The number of carbonyl (C=O) groups excluding carboxylic acids is 1. The molecule has 5 N–H and O–H groups in total. The van der Waals surface area contributed by atoms with Crippen LogP contribution in [0.15, 0.2) is 53.6 Å². The summed E-state index contributed by atoms with van der Waals surface area (Å²) in [6.45, 7) is 1.47. The zero-order chi connectivity index (χ0) is 23.3. The van der Waals surface area contributed by atoms with Crippen LogP contribution in [0, 0.1) is 12.7 Å². The Hall–Kier alpha value is -3.77. The quantitative estimate of drug-likeness (QED) is 0.400. The Morgan fingerprint density at radius 1 is 1.16 bits per heavy atom. The molecule has 0 saturated carbocycles. The van der Waals surface area contributed by atoms with Gasteiger partial charge in [-0.1, -0.05) is 6.07 Å². The number of amides is 1. The SMILES string of the molecule is CNC(=O)COc1ccc(Nc2nc(Nc3cccc(S(N)(=O)=O)c3)ncc2C)cc1F. The maximum atomic E-state index is 14.3. The van der Waals surface area contributed by atoms with Crippen LogP contribution in [0.5, 0.6) is 5.75 Å². The molecule has 1 heterocycles. The van der Waals surface area contributed by atoms with Crippen molar-refractivity contribution >= 4 is 39.1 Å². The fourth-order valence-corrected chi connectivity index (χ4v) is 3.12. The van der Waals surface area contributed by atoms with E-state index in [1.165, 1.54) is 37.4 Å². The van der Waals surface area contributed by atoms with Crippen LogP contribution in [0.4, 0.5) is 27.5 Å².